The van der Waals surface area contributed by atoms with E-state index in [1.54, 1.807) is 0 Å². The highest BCUT2D eigenvalue weighted by molar-refractivity contribution is 5.57. The summed E-state index contributed by atoms with van der Waals surface area (Å²) < 4.78 is 5.41. The molecule has 1 N–H and O–H groups in total. The van der Waals surface area contributed by atoms with E-state index in [9.17, 15) is 4.79 Å². The summed E-state index contributed by atoms with van der Waals surface area (Å²) >= 11 is 0. The number of hydrogen-bond acceptors (Lipinski definition) is 2. The van der Waals surface area contributed by atoms with E-state index in [4.69, 9.17) is 9.84 Å². The predicted molar refractivity (Wildman–Crippen MR) is 63.8 cm³/mol. The molecule has 4 aliphatic carbocycles. The average molecular weight is 238 g/mol. The van der Waals surface area contributed by atoms with Gasteiger partial charge in [0.05, 0.1) is 0 Å². The largest absolute Gasteiger partial charge is 0.506 e. The molecule has 0 aromatic rings. The summed E-state index contributed by atoms with van der Waals surface area (Å²) in [5.41, 5.74) is 0.169. The highest BCUT2D eigenvalue weighted by Gasteiger charge is 2.62. The van der Waals surface area contributed by atoms with Crippen molar-refractivity contribution in [1.82, 2.24) is 0 Å². The molecule has 4 saturated carbocycles. The van der Waals surface area contributed by atoms with Gasteiger partial charge >= 0.3 is 6.16 Å². The lowest BCUT2D eigenvalue weighted by Crippen LogP contribution is -2.61. The summed E-state index contributed by atoms with van der Waals surface area (Å²) in [6.45, 7) is 4.27. The van der Waals surface area contributed by atoms with E-state index in [0.717, 1.165) is 12.3 Å². The number of rotatable bonds is 2. The van der Waals surface area contributed by atoms with Gasteiger partial charge in [0, 0.05) is 0 Å². The highest BCUT2D eigenvalue weighted by Crippen LogP contribution is 2.67. The van der Waals surface area contributed by atoms with Gasteiger partial charge in [-0.3, -0.25) is 0 Å². The average Bonchev–Trinajstić information content (AvgIpc) is 2.22. The minimum atomic E-state index is -1.09. The van der Waals surface area contributed by atoms with E-state index in [0.29, 0.717) is 17.3 Å². The molecule has 0 saturated heterocycles. The Hall–Kier alpha value is -0.730. The van der Waals surface area contributed by atoms with Crippen LogP contribution in [0.25, 0.3) is 0 Å². The van der Waals surface area contributed by atoms with Crippen LogP contribution in [-0.4, -0.2) is 16.9 Å². The third-order valence-corrected chi connectivity index (χ3v) is 5.83. The minimum absolute atomic E-state index is 0.378. The van der Waals surface area contributed by atoms with Crippen LogP contribution in [0.15, 0.2) is 0 Å². The fraction of sp³-hybridized carbons (Fsp3) is 0.929. The van der Waals surface area contributed by atoms with Gasteiger partial charge in [0.2, 0.25) is 0 Å². The summed E-state index contributed by atoms with van der Waals surface area (Å²) in [5.74, 6) is 1.70. The Labute approximate surface area is 103 Å². The SMILES string of the molecule is CCC1(OC(=O)O)C(C)CC23CC(CC1C2)C3. The Morgan fingerprint density at radius 3 is 2.65 bits per heavy atom. The minimum Gasteiger partial charge on any atom is -0.450 e. The second kappa shape index (κ2) is 3.39. The normalized spacial score (nSPS) is 51.5. The summed E-state index contributed by atoms with van der Waals surface area (Å²) in [5, 5.41) is 9.03. The van der Waals surface area contributed by atoms with Gasteiger partial charge in [0.25, 0.3) is 0 Å². The van der Waals surface area contributed by atoms with Gasteiger partial charge in [-0.05, 0) is 61.7 Å². The molecule has 4 fully saturated rings. The smallest absolute Gasteiger partial charge is 0.450 e. The zero-order valence-corrected chi connectivity index (χ0v) is 10.7. The van der Waals surface area contributed by atoms with Crippen LogP contribution in [0.1, 0.15) is 52.4 Å². The number of carboxylic acid groups (broad SMARTS) is 1. The number of carbonyl (C=O) groups is 1. The maximum Gasteiger partial charge on any atom is 0.506 e. The molecule has 0 aromatic carbocycles. The monoisotopic (exact) mass is 238 g/mol. The van der Waals surface area contributed by atoms with E-state index < -0.39 is 11.8 Å². The Bertz CT molecular complexity index is 341. The van der Waals surface area contributed by atoms with Gasteiger partial charge in [-0.25, -0.2) is 4.79 Å². The molecule has 0 aliphatic heterocycles. The van der Waals surface area contributed by atoms with E-state index >= 15 is 0 Å². The zero-order valence-electron chi connectivity index (χ0n) is 10.7. The van der Waals surface area contributed by atoms with Crippen molar-refractivity contribution in [2.24, 2.45) is 23.2 Å². The summed E-state index contributed by atoms with van der Waals surface area (Å²) in [6, 6.07) is 0. The quantitative estimate of drug-likeness (QED) is 0.746. The fourth-order valence-electron chi connectivity index (χ4n) is 5.41. The first-order valence-electron chi connectivity index (χ1n) is 6.92. The lowest BCUT2D eigenvalue weighted by Gasteiger charge is -2.65. The zero-order chi connectivity index (χ0) is 12.3. The van der Waals surface area contributed by atoms with Gasteiger partial charge in [0.15, 0.2) is 0 Å². The second-order valence-corrected chi connectivity index (χ2v) is 6.69. The molecule has 0 heterocycles. The lowest BCUT2D eigenvalue weighted by molar-refractivity contribution is -0.205. The van der Waals surface area contributed by atoms with Crippen molar-refractivity contribution in [1.29, 1.82) is 0 Å². The molecule has 3 nitrogen and oxygen atoms in total. The van der Waals surface area contributed by atoms with Gasteiger partial charge in [-0.2, -0.15) is 0 Å². The molecule has 4 aliphatic rings. The third-order valence-electron chi connectivity index (χ3n) is 5.83. The van der Waals surface area contributed by atoms with Crippen molar-refractivity contribution in [2.75, 3.05) is 0 Å². The van der Waals surface area contributed by atoms with Crippen molar-refractivity contribution in [3.63, 3.8) is 0 Å². The molecule has 3 atom stereocenters. The molecule has 0 amide bonds. The number of hydrogen-bond donors (Lipinski definition) is 1. The molecule has 4 rings (SSSR count). The Morgan fingerprint density at radius 1 is 1.35 bits per heavy atom. The van der Waals surface area contributed by atoms with Gasteiger partial charge in [-0.15, -0.1) is 0 Å². The summed E-state index contributed by atoms with van der Waals surface area (Å²) in [6.07, 6.45) is 6.08. The molecule has 96 valence electrons. The molecule has 3 unspecified atom stereocenters. The summed E-state index contributed by atoms with van der Waals surface area (Å²) in [7, 11) is 0. The molecule has 3 bridgehead atoms. The first-order chi connectivity index (χ1) is 8.00. The van der Waals surface area contributed by atoms with E-state index in [1.807, 2.05) is 0 Å². The standard InChI is InChI=1S/C14H22O3/c1-3-14(17-12(15)16)9(2)5-13-6-10(7-13)4-11(14)8-13/h9-11H,3-8H2,1-2H3,(H,15,16). The number of ether oxygens (including phenoxy) is 1. The van der Waals surface area contributed by atoms with Crippen LogP contribution in [-0.2, 0) is 4.74 Å². The Kier molecular flexibility index (Phi) is 2.27. The first-order valence-corrected chi connectivity index (χ1v) is 6.92. The molecule has 3 heteroatoms. The van der Waals surface area contributed by atoms with E-state index in [-0.39, 0.29) is 0 Å². The van der Waals surface area contributed by atoms with Crippen LogP contribution < -0.4 is 0 Å². The van der Waals surface area contributed by atoms with Crippen LogP contribution in [0.5, 0.6) is 0 Å². The van der Waals surface area contributed by atoms with Crippen LogP contribution in [0.2, 0.25) is 0 Å². The van der Waals surface area contributed by atoms with Gasteiger partial charge in [0.1, 0.15) is 5.60 Å². The maximum atomic E-state index is 11.0. The van der Waals surface area contributed by atoms with Crippen molar-refractivity contribution in [2.45, 2.75) is 58.0 Å². The van der Waals surface area contributed by atoms with Crippen LogP contribution >= 0.6 is 0 Å². The van der Waals surface area contributed by atoms with E-state index in [1.165, 1.54) is 32.1 Å². The van der Waals surface area contributed by atoms with Crippen molar-refractivity contribution < 1.29 is 14.6 Å². The lowest BCUT2D eigenvalue weighted by atomic mass is 9.42. The fourth-order valence-corrected chi connectivity index (χ4v) is 5.41. The Morgan fingerprint density at radius 2 is 2.06 bits per heavy atom. The van der Waals surface area contributed by atoms with Crippen molar-refractivity contribution in [3.8, 4) is 0 Å². The van der Waals surface area contributed by atoms with Crippen LogP contribution in [0.4, 0.5) is 4.79 Å². The van der Waals surface area contributed by atoms with E-state index in [2.05, 4.69) is 13.8 Å². The molecule has 0 radical (unpaired) electrons. The van der Waals surface area contributed by atoms with Crippen LogP contribution in [0.3, 0.4) is 0 Å². The van der Waals surface area contributed by atoms with Crippen LogP contribution in [0, 0.1) is 23.2 Å². The third kappa shape index (κ3) is 1.44. The van der Waals surface area contributed by atoms with Crippen molar-refractivity contribution in [3.05, 3.63) is 0 Å². The Balaban J connectivity index is 1.90. The first kappa shape index (κ1) is 11.4. The van der Waals surface area contributed by atoms with Gasteiger partial charge < -0.3 is 9.84 Å². The maximum absolute atomic E-state index is 11.0. The predicted octanol–water partition coefficient (Wildman–Crippen LogP) is 3.68. The highest BCUT2D eigenvalue weighted by atomic mass is 16.7. The molecule has 1 spiro atoms. The topological polar surface area (TPSA) is 46.5 Å². The second-order valence-electron chi connectivity index (χ2n) is 6.69. The molecular weight excluding hydrogens is 216 g/mol. The summed E-state index contributed by atoms with van der Waals surface area (Å²) in [4.78, 5) is 11.0. The van der Waals surface area contributed by atoms with Gasteiger partial charge in [-0.1, -0.05) is 13.8 Å². The molecule has 17 heavy (non-hydrogen) atoms. The molecule has 0 aromatic heterocycles. The van der Waals surface area contributed by atoms with Crippen molar-refractivity contribution >= 4 is 6.16 Å². The molecular formula is C14H22O3.